The normalized spacial score (nSPS) is 11.4. The van der Waals surface area contributed by atoms with Crippen molar-refractivity contribution in [1.29, 1.82) is 0 Å². The van der Waals surface area contributed by atoms with Gasteiger partial charge in [0.25, 0.3) is 0 Å². The molecule has 0 aliphatic heterocycles. The Bertz CT molecular complexity index is 1030. The predicted molar refractivity (Wildman–Crippen MR) is 130 cm³/mol. The Kier molecular flexibility index (Phi) is 7.55. The van der Waals surface area contributed by atoms with Crippen LogP contribution >= 0.6 is 11.8 Å². The summed E-state index contributed by atoms with van der Waals surface area (Å²) in [4.78, 5) is 12.9. The molecule has 3 aromatic rings. The van der Waals surface area contributed by atoms with Gasteiger partial charge in [0.05, 0.1) is 5.75 Å². The number of nitrogens with zero attached hydrogens (tertiary/aromatic N) is 3. The van der Waals surface area contributed by atoms with Crippen molar-refractivity contribution in [1.82, 2.24) is 14.8 Å². The number of benzene rings is 2. The predicted octanol–water partition coefficient (Wildman–Crippen LogP) is 6.25. The zero-order valence-electron chi connectivity index (χ0n) is 19.3. The van der Waals surface area contributed by atoms with E-state index >= 15 is 0 Å². The van der Waals surface area contributed by atoms with Gasteiger partial charge in [-0.25, -0.2) is 0 Å². The van der Waals surface area contributed by atoms with E-state index in [0.29, 0.717) is 11.8 Å². The third-order valence-corrected chi connectivity index (χ3v) is 6.36. The van der Waals surface area contributed by atoms with Crippen LogP contribution in [0.25, 0.3) is 11.4 Å². The van der Waals surface area contributed by atoms with Gasteiger partial charge in [-0.2, -0.15) is 0 Å². The van der Waals surface area contributed by atoms with Crippen molar-refractivity contribution in [2.75, 3.05) is 11.1 Å². The molecule has 0 spiro atoms. The van der Waals surface area contributed by atoms with Gasteiger partial charge in [0.1, 0.15) is 0 Å². The second-order valence-corrected chi connectivity index (χ2v) is 9.27. The molecule has 31 heavy (non-hydrogen) atoms. The highest BCUT2D eigenvalue weighted by atomic mass is 32.2. The van der Waals surface area contributed by atoms with Gasteiger partial charge in [0.15, 0.2) is 11.0 Å². The molecule has 2 aromatic carbocycles. The fourth-order valence-electron chi connectivity index (χ4n) is 3.70. The minimum Gasteiger partial charge on any atom is -0.325 e. The van der Waals surface area contributed by atoms with Crippen molar-refractivity contribution < 1.29 is 4.79 Å². The van der Waals surface area contributed by atoms with Gasteiger partial charge >= 0.3 is 0 Å². The lowest BCUT2D eigenvalue weighted by Crippen LogP contribution is -2.18. The Hall–Kier alpha value is -2.60. The quantitative estimate of drug-likeness (QED) is 0.424. The Morgan fingerprint density at radius 2 is 1.65 bits per heavy atom. The van der Waals surface area contributed by atoms with Crippen LogP contribution in [0.15, 0.2) is 47.6 Å². The maximum Gasteiger partial charge on any atom is 0.234 e. The fourth-order valence-corrected chi connectivity index (χ4v) is 4.51. The number of rotatable bonds is 8. The maximum absolute atomic E-state index is 12.9. The maximum atomic E-state index is 12.9. The summed E-state index contributed by atoms with van der Waals surface area (Å²) in [6, 6.07) is 14.4. The lowest BCUT2D eigenvalue weighted by Gasteiger charge is -2.20. The number of carbonyl (C=O) groups is 1. The Labute approximate surface area is 189 Å². The van der Waals surface area contributed by atoms with Gasteiger partial charge in [-0.1, -0.05) is 81.9 Å². The second-order valence-electron chi connectivity index (χ2n) is 8.32. The number of aryl methyl sites for hydroxylation is 1. The zero-order chi connectivity index (χ0) is 22.5. The van der Waals surface area contributed by atoms with E-state index in [1.54, 1.807) is 0 Å². The molecule has 1 aromatic heterocycles. The molecule has 0 aliphatic carbocycles. The first-order chi connectivity index (χ1) is 14.8. The van der Waals surface area contributed by atoms with Gasteiger partial charge in [0.2, 0.25) is 5.91 Å². The first kappa shape index (κ1) is 23.1. The molecule has 1 amide bonds. The van der Waals surface area contributed by atoms with Crippen LogP contribution in [0.2, 0.25) is 0 Å². The van der Waals surface area contributed by atoms with E-state index in [1.165, 1.54) is 22.9 Å². The topological polar surface area (TPSA) is 59.8 Å². The summed E-state index contributed by atoms with van der Waals surface area (Å²) < 4.78 is 2.07. The summed E-state index contributed by atoms with van der Waals surface area (Å²) in [5.41, 5.74) is 5.52. The van der Waals surface area contributed by atoms with Crippen LogP contribution in [-0.2, 0) is 11.3 Å². The Morgan fingerprint density at radius 1 is 1.00 bits per heavy atom. The summed E-state index contributed by atoms with van der Waals surface area (Å²) in [5, 5.41) is 12.7. The van der Waals surface area contributed by atoms with Crippen molar-refractivity contribution >= 4 is 23.4 Å². The summed E-state index contributed by atoms with van der Waals surface area (Å²) in [6.45, 7) is 13.5. The molecule has 3 rings (SSSR count). The van der Waals surface area contributed by atoms with E-state index in [2.05, 4.69) is 92.0 Å². The summed E-state index contributed by atoms with van der Waals surface area (Å²) >= 11 is 1.43. The third-order valence-electron chi connectivity index (χ3n) is 5.39. The second kappa shape index (κ2) is 10.1. The molecule has 0 radical (unpaired) electrons. The monoisotopic (exact) mass is 436 g/mol. The molecule has 0 atom stereocenters. The number of para-hydroxylation sites is 1. The number of nitrogens with one attached hydrogen (secondary N) is 1. The summed E-state index contributed by atoms with van der Waals surface area (Å²) in [7, 11) is 0. The van der Waals surface area contributed by atoms with E-state index in [4.69, 9.17) is 0 Å². The number of aromatic nitrogens is 3. The summed E-state index contributed by atoms with van der Waals surface area (Å²) in [5.74, 6) is 1.78. The smallest absolute Gasteiger partial charge is 0.234 e. The van der Waals surface area contributed by atoms with E-state index in [9.17, 15) is 4.79 Å². The molecular formula is C25H32N4OS. The van der Waals surface area contributed by atoms with Crippen LogP contribution in [-0.4, -0.2) is 26.4 Å². The standard InChI is InChI=1S/C25H32N4OS/c1-7-29-24(21-12-9-8-11-18(21)6)27-28-25(29)31-15-22(30)26-23-19(16(2)3)13-10-14-20(23)17(4)5/h8-14,16-17H,7,15H2,1-6H3,(H,26,30). The number of anilines is 1. The molecule has 1 N–H and O–H groups in total. The highest BCUT2D eigenvalue weighted by Crippen LogP contribution is 2.33. The molecule has 0 saturated heterocycles. The number of thioether (sulfide) groups is 1. The molecule has 164 valence electrons. The highest BCUT2D eigenvalue weighted by molar-refractivity contribution is 7.99. The molecule has 0 saturated carbocycles. The van der Waals surface area contributed by atoms with Crippen LogP contribution in [0.5, 0.6) is 0 Å². The van der Waals surface area contributed by atoms with E-state index in [1.807, 2.05) is 12.1 Å². The third kappa shape index (κ3) is 5.18. The van der Waals surface area contributed by atoms with Gasteiger partial charge in [-0.3, -0.25) is 4.79 Å². The van der Waals surface area contributed by atoms with Gasteiger partial charge in [-0.05, 0) is 42.4 Å². The van der Waals surface area contributed by atoms with Crippen molar-refractivity contribution in [3.63, 3.8) is 0 Å². The number of hydrogen-bond donors (Lipinski definition) is 1. The van der Waals surface area contributed by atoms with Crippen LogP contribution in [0, 0.1) is 6.92 Å². The van der Waals surface area contributed by atoms with Crippen LogP contribution < -0.4 is 5.32 Å². The molecule has 0 unspecified atom stereocenters. The van der Waals surface area contributed by atoms with Gasteiger partial charge in [0, 0.05) is 17.8 Å². The fraction of sp³-hybridized carbons (Fsp3) is 0.400. The van der Waals surface area contributed by atoms with E-state index in [0.717, 1.165) is 34.3 Å². The van der Waals surface area contributed by atoms with E-state index < -0.39 is 0 Å². The van der Waals surface area contributed by atoms with Crippen LogP contribution in [0.3, 0.4) is 0 Å². The average molecular weight is 437 g/mol. The van der Waals surface area contributed by atoms with Crippen molar-refractivity contribution in [3.05, 3.63) is 59.2 Å². The number of hydrogen-bond acceptors (Lipinski definition) is 4. The van der Waals surface area contributed by atoms with Crippen molar-refractivity contribution in [3.8, 4) is 11.4 Å². The van der Waals surface area contributed by atoms with Crippen LogP contribution in [0.4, 0.5) is 5.69 Å². The van der Waals surface area contributed by atoms with Crippen molar-refractivity contribution in [2.45, 2.75) is 65.1 Å². The average Bonchev–Trinajstić information content (AvgIpc) is 3.15. The molecule has 0 aliphatic rings. The zero-order valence-corrected chi connectivity index (χ0v) is 20.1. The van der Waals surface area contributed by atoms with Gasteiger partial charge in [-0.15, -0.1) is 10.2 Å². The minimum atomic E-state index is -0.0249. The molecule has 0 fully saturated rings. The molecule has 0 bridgehead atoms. The molecule has 6 heteroatoms. The molecular weight excluding hydrogens is 404 g/mol. The Balaban J connectivity index is 1.78. The SMILES string of the molecule is CCn1c(SCC(=O)Nc2c(C(C)C)cccc2C(C)C)nnc1-c1ccccc1C. The number of amides is 1. The molecule has 5 nitrogen and oxygen atoms in total. The van der Waals surface area contributed by atoms with Gasteiger partial charge < -0.3 is 9.88 Å². The largest absolute Gasteiger partial charge is 0.325 e. The van der Waals surface area contributed by atoms with Crippen molar-refractivity contribution in [2.24, 2.45) is 0 Å². The number of carbonyl (C=O) groups excluding carboxylic acids is 1. The molecule has 1 heterocycles. The summed E-state index contributed by atoms with van der Waals surface area (Å²) in [6.07, 6.45) is 0. The minimum absolute atomic E-state index is 0.0249. The first-order valence-electron chi connectivity index (χ1n) is 10.9. The highest BCUT2D eigenvalue weighted by Gasteiger charge is 2.18. The Morgan fingerprint density at radius 3 is 2.23 bits per heavy atom. The lowest BCUT2D eigenvalue weighted by atomic mass is 9.92. The lowest BCUT2D eigenvalue weighted by molar-refractivity contribution is -0.113. The van der Waals surface area contributed by atoms with E-state index in [-0.39, 0.29) is 11.7 Å². The van der Waals surface area contributed by atoms with Crippen LogP contribution in [0.1, 0.15) is 63.1 Å². The first-order valence-corrected chi connectivity index (χ1v) is 11.9.